The fraction of sp³-hybridized carbons (Fsp3) is 0.455. The van der Waals surface area contributed by atoms with Crippen molar-refractivity contribution in [2.45, 2.75) is 20.0 Å². The van der Waals surface area contributed by atoms with E-state index in [-0.39, 0.29) is 30.9 Å². The van der Waals surface area contributed by atoms with E-state index in [9.17, 15) is 14.8 Å². The summed E-state index contributed by atoms with van der Waals surface area (Å²) in [7, 11) is -3.20. The summed E-state index contributed by atoms with van der Waals surface area (Å²) >= 11 is 0. The Hall–Kier alpha value is -1.03. The lowest BCUT2D eigenvalue weighted by Crippen LogP contribution is -1.99. The Labute approximate surface area is 101 Å². The minimum absolute atomic E-state index is 0.0244. The lowest BCUT2D eigenvalue weighted by atomic mass is 10.2. The van der Waals surface area contributed by atoms with E-state index in [0.717, 1.165) is 0 Å². The second-order valence-corrected chi connectivity index (χ2v) is 5.52. The van der Waals surface area contributed by atoms with Gasteiger partial charge in [-0.2, -0.15) is 0 Å². The third-order valence-corrected chi connectivity index (χ3v) is 4.05. The van der Waals surface area contributed by atoms with Gasteiger partial charge in [-0.05, 0) is 31.5 Å². The molecular formula is C11H17O5P. The molecule has 0 aliphatic rings. The van der Waals surface area contributed by atoms with Gasteiger partial charge in [0, 0.05) is 6.07 Å². The summed E-state index contributed by atoms with van der Waals surface area (Å²) in [6, 6.07) is 4.05. The van der Waals surface area contributed by atoms with Gasteiger partial charge in [0.05, 0.1) is 19.4 Å². The molecule has 0 aromatic heterocycles. The fourth-order valence-electron chi connectivity index (χ4n) is 1.49. The Kier molecular flexibility index (Phi) is 5.00. The summed E-state index contributed by atoms with van der Waals surface area (Å²) in [5.74, 6) is -0.168. The van der Waals surface area contributed by atoms with Crippen molar-refractivity contribution in [3.8, 4) is 11.5 Å². The molecule has 0 spiro atoms. The van der Waals surface area contributed by atoms with Gasteiger partial charge in [-0.15, -0.1) is 0 Å². The zero-order chi connectivity index (χ0) is 12.9. The molecule has 1 aromatic rings. The normalized spacial score (nSPS) is 11.6. The highest BCUT2D eigenvalue weighted by molar-refractivity contribution is 7.53. The second-order valence-electron chi connectivity index (χ2n) is 3.46. The summed E-state index contributed by atoms with van der Waals surface area (Å²) in [4.78, 5) is 0. The summed E-state index contributed by atoms with van der Waals surface area (Å²) in [5.41, 5.74) is 0.507. The zero-order valence-corrected chi connectivity index (χ0v) is 10.8. The summed E-state index contributed by atoms with van der Waals surface area (Å²) in [6.45, 7) is 4.02. The van der Waals surface area contributed by atoms with E-state index < -0.39 is 7.60 Å². The van der Waals surface area contributed by atoms with Gasteiger partial charge in [-0.1, -0.05) is 0 Å². The number of phenolic OH excluding ortho intramolecular Hbond substituents is 2. The monoisotopic (exact) mass is 260 g/mol. The molecule has 0 fully saturated rings. The predicted molar refractivity (Wildman–Crippen MR) is 64.3 cm³/mol. The molecule has 0 unspecified atom stereocenters. The lowest BCUT2D eigenvalue weighted by Gasteiger charge is -2.17. The molecule has 6 heteroatoms. The topological polar surface area (TPSA) is 76.0 Å². The quantitative estimate of drug-likeness (QED) is 0.769. The SMILES string of the molecule is CCOP(=O)(Cc1cc(O)cc(O)c1)OCC. The average Bonchev–Trinajstić information content (AvgIpc) is 2.15. The molecule has 17 heavy (non-hydrogen) atoms. The Balaban J connectivity index is 2.89. The average molecular weight is 260 g/mol. The molecule has 0 heterocycles. The molecule has 0 atom stereocenters. The van der Waals surface area contributed by atoms with Crippen molar-refractivity contribution in [3.05, 3.63) is 23.8 Å². The number of rotatable bonds is 6. The van der Waals surface area contributed by atoms with Crippen LogP contribution in [0.15, 0.2) is 18.2 Å². The fourth-order valence-corrected chi connectivity index (χ4v) is 3.17. The number of hydrogen-bond acceptors (Lipinski definition) is 5. The summed E-state index contributed by atoms with van der Waals surface area (Å²) < 4.78 is 22.4. The van der Waals surface area contributed by atoms with Crippen molar-refractivity contribution in [2.75, 3.05) is 13.2 Å². The molecule has 0 aliphatic carbocycles. The molecule has 1 aromatic carbocycles. The van der Waals surface area contributed by atoms with Gasteiger partial charge in [0.1, 0.15) is 11.5 Å². The Bertz CT molecular complexity index is 388. The van der Waals surface area contributed by atoms with Crippen molar-refractivity contribution in [2.24, 2.45) is 0 Å². The van der Waals surface area contributed by atoms with Crippen LogP contribution < -0.4 is 0 Å². The first-order valence-corrected chi connectivity index (χ1v) is 7.12. The standard InChI is InChI=1S/C11H17O5P/c1-3-15-17(14,16-4-2)8-9-5-10(12)7-11(13)6-9/h5-7,12-13H,3-4,8H2,1-2H3. The van der Waals surface area contributed by atoms with E-state index in [1.807, 2.05) is 0 Å². The van der Waals surface area contributed by atoms with Gasteiger partial charge in [-0.3, -0.25) is 4.57 Å². The van der Waals surface area contributed by atoms with E-state index in [2.05, 4.69) is 0 Å². The van der Waals surface area contributed by atoms with Gasteiger partial charge in [0.2, 0.25) is 0 Å². The first kappa shape index (κ1) is 14.0. The maximum absolute atomic E-state index is 12.2. The molecule has 1 rings (SSSR count). The molecule has 0 aliphatic heterocycles. The Morgan fingerprint density at radius 2 is 1.53 bits per heavy atom. The molecule has 2 N–H and O–H groups in total. The van der Waals surface area contributed by atoms with E-state index in [4.69, 9.17) is 9.05 Å². The van der Waals surface area contributed by atoms with Gasteiger partial charge < -0.3 is 19.3 Å². The van der Waals surface area contributed by atoms with Crippen molar-refractivity contribution >= 4 is 7.60 Å². The predicted octanol–water partition coefficient (Wildman–Crippen LogP) is 2.86. The van der Waals surface area contributed by atoms with Crippen LogP contribution in [0.25, 0.3) is 0 Å². The minimum atomic E-state index is -3.20. The van der Waals surface area contributed by atoms with Crippen LogP contribution in [0.1, 0.15) is 19.4 Å². The highest BCUT2D eigenvalue weighted by atomic mass is 31.2. The molecule has 96 valence electrons. The highest BCUT2D eigenvalue weighted by Crippen LogP contribution is 2.51. The van der Waals surface area contributed by atoms with Crippen LogP contribution >= 0.6 is 7.60 Å². The third-order valence-electron chi connectivity index (χ3n) is 1.99. The third kappa shape index (κ3) is 4.38. The van der Waals surface area contributed by atoms with Crippen LogP contribution in [0.5, 0.6) is 11.5 Å². The minimum Gasteiger partial charge on any atom is -0.508 e. The van der Waals surface area contributed by atoms with E-state index in [1.165, 1.54) is 18.2 Å². The molecule has 0 bridgehead atoms. The number of phenols is 2. The molecular weight excluding hydrogens is 243 g/mol. The molecule has 0 amide bonds. The number of hydrogen-bond donors (Lipinski definition) is 2. The summed E-state index contributed by atoms with van der Waals surface area (Å²) in [5, 5.41) is 18.6. The smallest absolute Gasteiger partial charge is 0.335 e. The Morgan fingerprint density at radius 1 is 1.06 bits per heavy atom. The van der Waals surface area contributed by atoms with Crippen molar-refractivity contribution in [1.29, 1.82) is 0 Å². The number of benzene rings is 1. The van der Waals surface area contributed by atoms with E-state index in [0.29, 0.717) is 5.56 Å². The Morgan fingerprint density at radius 3 is 1.94 bits per heavy atom. The van der Waals surface area contributed by atoms with Crippen LogP contribution in [0.2, 0.25) is 0 Å². The van der Waals surface area contributed by atoms with Crippen molar-refractivity contribution in [1.82, 2.24) is 0 Å². The molecule has 0 radical (unpaired) electrons. The first-order valence-electron chi connectivity index (χ1n) is 5.39. The van der Waals surface area contributed by atoms with Gasteiger partial charge in [-0.25, -0.2) is 0 Å². The number of aromatic hydroxyl groups is 2. The largest absolute Gasteiger partial charge is 0.508 e. The van der Waals surface area contributed by atoms with Gasteiger partial charge >= 0.3 is 7.60 Å². The lowest BCUT2D eigenvalue weighted by molar-refractivity contribution is 0.219. The van der Waals surface area contributed by atoms with Crippen molar-refractivity contribution < 1.29 is 23.8 Å². The van der Waals surface area contributed by atoms with Gasteiger partial charge in [0.15, 0.2) is 0 Å². The van der Waals surface area contributed by atoms with Crippen LogP contribution in [0.4, 0.5) is 0 Å². The van der Waals surface area contributed by atoms with Crippen LogP contribution in [0, 0.1) is 0 Å². The van der Waals surface area contributed by atoms with Crippen LogP contribution in [0.3, 0.4) is 0 Å². The second kappa shape index (κ2) is 6.05. The zero-order valence-electron chi connectivity index (χ0n) is 9.92. The molecule has 0 saturated heterocycles. The summed E-state index contributed by atoms with van der Waals surface area (Å²) in [6.07, 6.45) is 0.0244. The van der Waals surface area contributed by atoms with E-state index in [1.54, 1.807) is 13.8 Å². The highest BCUT2D eigenvalue weighted by Gasteiger charge is 2.24. The molecule has 0 saturated carbocycles. The van der Waals surface area contributed by atoms with E-state index >= 15 is 0 Å². The maximum atomic E-state index is 12.2. The van der Waals surface area contributed by atoms with Crippen molar-refractivity contribution in [3.63, 3.8) is 0 Å². The van der Waals surface area contributed by atoms with Crippen LogP contribution in [-0.2, 0) is 19.8 Å². The van der Waals surface area contributed by atoms with Crippen LogP contribution in [-0.4, -0.2) is 23.4 Å². The van der Waals surface area contributed by atoms with Gasteiger partial charge in [0.25, 0.3) is 0 Å². The molecule has 5 nitrogen and oxygen atoms in total. The maximum Gasteiger partial charge on any atom is 0.335 e. The first-order chi connectivity index (χ1) is 7.99.